The lowest BCUT2D eigenvalue weighted by Crippen LogP contribution is -2.29. The van der Waals surface area contributed by atoms with Gasteiger partial charge in [-0.25, -0.2) is 0 Å². The van der Waals surface area contributed by atoms with Crippen molar-refractivity contribution in [3.05, 3.63) is 65.2 Å². The van der Waals surface area contributed by atoms with E-state index >= 15 is 0 Å². The summed E-state index contributed by atoms with van der Waals surface area (Å²) in [6, 6.07) is 8.00. The van der Waals surface area contributed by atoms with Crippen molar-refractivity contribution in [3.8, 4) is 0 Å². The van der Waals surface area contributed by atoms with Crippen LogP contribution in [0.1, 0.15) is 16.7 Å². The van der Waals surface area contributed by atoms with Crippen molar-refractivity contribution in [1.82, 2.24) is 15.0 Å². The Hall–Kier alpha value is -3.65. The van der Waals surface area contributed by atoms with E-state index in [1.54, 1.807) is 0 Å². The van der Waals surface area contributed by atoms with E-state index in [2.05, 4.69) is 30.9 Å². The Bertz CT molecular complexity index is 1140. The molecule has 0 saturated carbocycles. The molecule has 5 N–H and O–H groups in total. The fourth-order valence-electron chi connectivity index (χ4n) is 2.85. The van der Waals surface area contributed by atoms with Crippen molar-refractivity contribution in [2.24, 2.45) is 0 Å². The quantitative estimate of drug-likeness (QED) is 0.279. The summed E-state index contributed by atoms with van der Waals surface area (Å²) in [5.74, 6) is -0.457. The molecule has 14 heteroatoms. The number of nitrogens with zero attached hydrogens (tertiary/aromatic N) is 3. The fourth-order valence-corrected chi connectivity index (χ4v) is 2.85. The molecule has 0 fully saturated rings. The number of benzene rings is 2. The lowest BCUT2D eigenvalue weighted by atomic mass is 10.1. The normalized spacial score (nSPS) is 12.0. The molecular formula is C21H20F6N6O2. The van der Waals surface area contributed by atoms with Crippen LogP contribution in [0.2, 0.25) is 0 Å². The van der Waals surface area contributed by atoms with E-state index in [-0.39, 0.29) is 35.6 Å². The van der Waals surface area contributed by atoms with Crippen molar-refractivity contribution >= 4 is 23.5 Å². The predicted molar refractivity (Wildman–Crippen MR) is 115 cm³/mol. The van der Waals surface area contributed by atoms with Gasteiger partial charge in [-0.05, 0) is 35.9 Å². The molecule has 0 unspecified atom stereocenters. The first kappa shape index (κ1) is 26.0. The minimum absolute atomic E-state index is 0.0154. The Morgan fingerprint density at radius 2 is 1.31 bits per heavy atom. The summed E-state index contributed by atoms with van der Waals surface area (Å²) < 4.78 is 77.9. The highest BCUT2D eigenvalue weighted by atomic mass is 19.4. The Labute approximate surface area is 195 Å². The Morgan fingerprint density at radius 3 is 1.94 bits per heavy atom. The third-order valence-corrected chi connectivity index (χ3v) is 4.56. The predicted octanol–water partition coefficient (Wildman–Crippen LogP) is 4.03. The second kappa shape index (κ2) is 10.7. The van der Waals surface area contributed by atoms with E-state index in [0.717, 1.165) is 24.3 Å². The standard InChI is InChI=1S/C21H20F6N6O2/c22-20(23,24)13-4-1-3-12(7-13)9-28-17-31-18(33-19(32-17)30-16(10-34)11-35)29-15-6-2-5-14(8-15)21(25,26)27/h1-8,16,34-35H,9-11H2,(H3,28,29,30,31,32,33). The van der Waals surface area contributed by atoms with Crippen LogP contribution in [0.5, 0.6) is 0 Å². The van der Waals surface area contributed by atoms with Gasteiger partial charge in [0.25, 0.3) is 0 Å². The summed E-state index contributed by atoms with van der Waals surface area (Å²) in [5, 5.41) is 26.6. The van der Waals surface area contributed by atoms with Crippen molar-refractivity contribution in [2.75, 3.05) is 29.2 Å². The largest absolute Gasteiger partial charge is 0.416 e. The second-order valence-electron chi connectivity index (χ2n) is 7.27. The molecule has 0 aliphatic rings. The third-order valence-electron chi connectivity index (χ3n) is 4.56. The first-order valence-electron chi connectivity index (χ1n) is 10.1. The van der Waals surface area contributed by atoms with Gasteiger partial charge >= 0.3 is 12.4 Å². The summed E-state index contributed by atoms with van der Waals surface area (Å²) in [7, 11) is 0. The van der Waals surface area contributed by atoms with E-state index in [9.17, 15) is 36.6 Å². The van der Waals surface area contributed by atoms with E-state index in [0.29, 0.717) is 0 Å². The van der Waals surface area contributed by atoms with Gasteiger partial charge in [-0.15, -0.1) is 0 Å². The lowest BCUT2D eigenvalue weighted by molar-refractivity contribution is -0.138. The minimum atomic E-state index is -4.57. The van der Waals surface area contributed by atoms with Crippen LogP contribution in [-0.4, -0.2) is 44.4 Å². The summed E-state index contributed by atoms with van der Waals surface area (Å²) in [5.41, 5.74) is -1.46. The van der Waals surface area contributed by atoms with Crippen LogP contribution >= 0.6 is 0 Å². The van der Waals surface area contributed by atoms with Gasteiger partial charge in [0.05, 0.1) is 30.4 Å². The Morgan fingerprint density at radius 1 is 0.743 bits per heavy atom. The highest BCUT2D eigenvalue weighted by Gasteiger charge is 2.31. The number of aromatic nitrogens is 3. The first-order chi connectivity index (χ1) is 16.5. The van der Waals surface area contributed by atoms with Crippen LogP contribution in [0.25, 0.3) is 0 Å². The highest BCUT2D eigenvalue weighted by Crippen LogP contribution is 2.31. The molecule has 35 heavy (non-hydrogen) atoms. The number of aliphatic hydroxyl groups is 2. The minimum Gasteiger partial charge on any atom is -0.394 e. The molecule has 1 aromatic heterocycles. The maximum atomic E-state index is 13.0. The molecule has 0 bridgehead atoms. The van der Waals surface area contributed by atoms with Crippen LogP contribution in [-0.2, 0) is 18.9 Å². The molecule has 8 nitrogen and oxygen atoms in total. The third kappa shape index (κ3) is 7.42. The summed E-state index contributed by atoms with van der Waals surface area (Å²) in [4.78, 5) is 12.1. The number of alkyl halides is 6. The molecule has 0 radical (unpaired) electrons. The van der Waals surface area contributed by atoms with E-state index in [1.165, 1.54) is 24.3 Å². The molecule has 0 aliphatic heterocycles. The molecule has 3 aromatic rings. The molecule has 1 heterocycles. The monoisotopic (exact) mass is 502 g/mol. The van der Waals surface area contributed by atoms with Crippen molar-refractivity contribution in [2.45, 2.75) is 24.9 Å². The smallest absolute Gasteiger partial charge is 0.394 e. The molecule has 188 valence electrons. The fraction of sp³-hybridized carbons (Fsp3) is 0.286. The number of nitrogens with one attached hydrogen (secondary N) is 3. The summed E-state index contributed by atoms with van der Waals surface area (Å²) >= 11 is 0. The Kier molecular flexibility index (Phi) is 7.96. The van der Waals surface area contributed by atoms with Gasteiger partial charge in [0.1, 0.15) is 0 Å². The van der Waals surface area contributed by atoms with Crippen molar-refractivity contribution < 1.29 is 36.6 Å². The van der Waals surface area contributed by atoms with Crippen molar-refractivity contribution in [1.29, 1.82) is 0 Å². The van der Waals surface area contributed by atoms with Gasteiger partial charge in [-0.2, -0.15) is 41.3 Å². The van der Waals surface area contributed by atoms with Crippen molar-refractivity contribution in [3.63, 3.8) is 0 Å². The average Bonchev–Trinajstić information content (AvgIpc) is 2.80. The average molecular weight is 502 g/mol. The highest BCUT2D eigenvalue weighted by molar-refractivity contribution is 5.57. The number of hydrogen-bond acceptors (Lipinski definition) is 8. The zero-order valence-electron chi connectivity index (χ0n) is 17.8. The molecule has 0 spiro atoms. The molecule has 0 aliphatic carbocycles. The van der Waals surface area contributed by atoms with Crippen LogP contribution in [0, 0.1) is 0 Å². The van der Waals surface area contributed by atoms with Gasteiger partial charge < -0.3 is 26.2 Å². The number of hydrogen-bond donors (Lipinski definition) is 5. The maximum Gasteiger partial charge on any atom is 0.416 e. The summed E-state index contributed by atoms with van der Waals surface area (Å²) in [6.07, 6.45) is -9.09. The zero-order valence-corrected chi connectivity index (χ0v) is 17.8. The Balaban J connectivity index is 1.86. The number of halogens is 6. The first-order valence-corrected chi connectivity index (χ1v) is 10.1. The molecule has 3 rings (SSSR count). The van der Waals surface area contributed by atoms with Crippen LogP contribution in [0.4, 0.5) is 49.9 Å². The molecule has 2 aromatic carbocycles. The number of anilines is 4. The molecular weight excluding hydrogens is 482 g/mol. The van der Waals surface area contributed by atoms with Gasteiger partial charge in [-0.3, -0.25) is 0 Å². The molecule has 0 atom stereocenters. The van der Waals surface area contributed by atoms with Gasteiger partial charge in [0, 0.05) is 12.2 Å². The van der Waals surface area contributed by atoms with Crippen LogP contribution < -0.4 is 16.0 Å². The van der Waals surface area contributed by atoms with E-state index in [1.807, 2.05) is 0 Å². The SMILES string of the molecule is OCC(CO)Nc1nc(NCc2cccc(C(F)(F)F)c2)nc(Nc2cccc(C(F)(F)F)c2)n1. The second-order valence-corrected chi connectivity index (χ2v) is 7.27. The van der Waals surface area contributed by atoms with Gasteiger partial charge in [0.2, 0.25) is 17.8 Å². The van der Waals surface area contributed by atoms with E-state index in [4.69, 9.17) is 0 Å². The topological polar surface area (TPSA) is 115 Å². The number of rotatable bonds is 9. The maximum absolute atomic E-state index is 13.0. The molecule has 0 amide bonds. The zero-order chi connectivity index (χ0) is 25.6. The van der Waals surface area contributed by atoms with Gasteiger partial charge in [0.15, 0.2) is 0 Å². The summed E-state index contributed by atoms with van der Waals surface area (Å²) in [6.45, 7) is -1.07. The van der Waals surface area contributed by atoms with Crippen LogP contribution in [0.3, 0.4) is 0 Å². The lowest BCUT2D eigenvalue weighted by Gasteiger charge is -2.16. The van der Waals surface area contributed by atoms with E-state index < -0.39 is 42.7 Å². The molecule has 0 saturated heterocycles. The van der Waals surface area contributed by atoms with Gasteiger partial charge in [-0.1, -0.05) is 18.2 Å². The van der Waals surface area contributed by atoms with Crippen LogP contribution in [0.15, 0.2) is 48.5 Å². The number of aliphatic hydroxyl groups excluding tert-OH is 2.